The van der Waals surface area contributed by atoms with Gasteiger partial charge in [0.05, 0.1) is 6.10 Å². The van der Waals surface area contributed by atoms with Crippen LogP contribution in [0.4, 0.5) is 4.79 Å². The number of ether oxygens (including phenoxy) is 2. The summed E-state index contributed by atoms with van der Waals surface area (Å²) in [6.07, 6.45) is 12.0. The Labute approximate surface area is 231 Å². The maximum atomic E-state index is 12.4. The molecule has 2 saturated carbocycles. The van der Waals surface area contributed by atoms with Crippen LogP contribution in [0.3, 0.4) is 0 Å². The Morgan fingerprint density at radius 1 is 0.974 bits per heavy atom. The number of aromatic nitrogens is 1. The molecule has 7 heteroatoms. The van der Waals surface area contributed by atoms with E-state index < -0.39 is 18.1 Å². The first-order valence-corrected chi connectivity index (χ1v) is 14.9. The molecule has 39 heavy (non-hydrogen) atoms. The maximum Gasteiger partial charge on any atom is 0.408 e. The Morgan fingerprint density at radius 3 is 2.51 bits per heavy atom. The molecule has 210 valence electrons. The fraction of sp³-hybridized carbons (Fsp3) is 0.594. The predicted octanol–water partition coefficient (Wildman–Crippen LogP) is 5.98. The number of fused-ring (bicyclic) bond motifs is 1. The number of hydrogen-bond acceptors (Lipinski definition) is 5. The van der Waals surface area contributed by atoms with Gasteiger partial charge in [0.25, 0.3) is 0 Å². The van der Waals surface area contributed by atoms with Gasteiger partial charge < -0.3 is 19.9 Å². The first-order valence-electron chi connectivity index (χ1n) is 14.9. The van der Waals surface area contributed by atoms with E-state index in [4.69, 9.17) is 14.5 Å². The summed E-state index contributed by atoms with van der Waals surface area (Å²) < 4.78 is 11.5. The van der Waals surface area contributed by atoms with Gasteiger partial charge in [-0.1, -0.05) is 36.4 Å². The summed E-state index contributed by atoms with van der Waals surface area (Å²) in [4.78, 5) is 29.0. The number of aliphatic carboxylic acids is 1. The second kappa shape index (κ2) is 13.4. The largest absolute Gasteiger partial charge is 0.480 e. The molecule has 3 aliphatic carbocycles. The van der Waals surface area contributed by atoms with Gasteiger partial charge in [0, 0.05) is 24.4 Å². The van der Waals surface area contributed by atoms with E-state index in [1.807, 2.05) is 6.07 Å². The highest BCUT2D eigenvalue weighted by atomic mass is 16.6. The summed E-state index contributed by atoms with van der Waals surface area (Å²) >= 11 is 0. The van der Waals surface area contributed by atoms with Gasteiger partial charge in [-0.3, -0.25) is 4.98 Å². The van der Waals surface area contributed by atoms with E-state index in [2.05, 4.69) is 41.7 Å². The van der Waals surface area contributed by atoms with E-state index in [0.717, 1.165) is 57.8 Å². The molecule has 5 rings (SSSR count). The number of nitrogens with zero attached hydrogens (tertiary/aromatic N) is 1. The summed E-state index contributed by atoms with van der Waals surface area (Å²) in [5.74, 6) is 0.0601. The first-order chi connectivity index (χ1) is 19.0. The number of amides is 1. The van der Waals surface area contributed by atoms with Crippen molar-refractivity contribution in [1.82, 2.24) is 10.3 Å². The molecule has 3 aliphatic rings. The molecule has 1 atom stereocenters. The molecule has 1 heterocycles. The van der Waals surface area contributed by atoms with Gasteiger partial charge in [-0.05, 0) is 106 Å². The van der Waals surface area contributed by atoms with Crippen molar-refractivity contribution in [2.45, 2.75) is 108 Å². The van der Waals surface area contributed by atoms with Gasteiger partial charge in [0.1, 0.15) is 12.1 Å². The highest BCUT2D eigenvalue weighted by Crippen LogP contribution is 2.35. The molecule has 1 aromatic heterocycles. The van der Waals surface area contributed by atoms with Gasteiger partial charge in [-0.25, -0.2) is 9.59 Å². The smallest absolute Gasteiger partial charge is 0.408 e. The lowest BCUT2D eigenvalue weighted by molar-refractivity contribution is -0.140. The zero-order valence-electron chi connectivity index (χ0n) is 22.9. The number of nitrogens with one attached hydrogen (secondary N) is 1. The molecule has 2 fully saturated rings. The predicted molar refractivity (Wildman–Crippen MR) is 149 cm³/mol. The number of rotatable bonds is 11. The third-order valence-electron chi connectivity index (χ3n) is 8.81. The van der Waals surface area contributed by atoms with Gasteiger partial charge >= 0.3 is 12.1 Å². The van der Waals surface area contributed by atoms with Crippen molar-refractivity contribution in [2.75, 3.05) is 6.61 Å². The lowest BCUT2D eigenvalue weighted by Crippen LogP contribution is -2.43. The summed E-state index contributed by atoms with van der Waals surface area (Å²) in [5, 5.41) is 12.1. The van der Waals surface area contributed by atoms with Crippen molar-refractivity contribution >= 4 is 12.1 Å². The topological polar surface area (TPSA) is 97.8 Å². The number of benzene rings is 1. The van der Waals surface area contributed by atoms with Crippen LogP contribution in [0.2, 0.25) is 0 Å². The average Bonchev–Trinajstić information content (AvgIpc) is 2.93. The Kier molecular flexibility index (Phi) is 9.51. The monoisotopic (exact) mass is 534 g/mol. The lowest BCUT2D eigenvalue weighted by atomic mass is 9.79. The van der Waals surface area contributed by atoms with Gasteiger partial charge in [-0.2, -0.15) is 0 Å². The Balaban J connectivity index is 0.953. The van der Waals surface area contributed by atoms with Crippen molar-refractivity contribution in [3.8, 4) is 0 Å². The standard InChI is InChI=1S/C32H42N2O5/c35-31(36)30(34-32(37)39-27-16-12-24(13-17-27)23-6-2-1-3-7-23)18-19-38-28-20-22(21-28)10-14-26-15-11-25-8-4-5-9-29(25)33-26/h1-3,6-7,11,15,22,24,27-28,30H,4-5,8-10,12-14,16-21H2,(H,34,37)(H,35,36). The zero-order valence-corrected chi connectivity index (χ0v) is 22.9. The molecule has 0 bridgehead atoms. The number of pyridine rings is 1. The van der Waals surface area contributed by atoms with Gasteiger partial charge in [0.2, 0.25) is 0 Å². The fourth-order valence-electron chi connectivity index (χ4n) is 6.34. The number of carbonyl (C=O) groups excluding carboxylic acids is 1. The Morgan fingerprint density at radius 2 is 1.74 bits per heavy atom. The highest BCUT2D eigenvalue weighted by molar-refractivity contribution is 5.79. The number of aryl methyl sites for hydroxylation is 3. The maximum absolute atomic E-state index is 12.4. The van der Waals surface area contributed by atoms with Crippen molar-refractivity contribution in [3.63, 3.8) is 0 Å². The second-order valence-electron chi connectivity index (χ2n) is 11.6. The van der Waals surface area contributed by atoms with Crippen LogP contribution in [0, 0.1) is 5.92 Å². The van der Waals surface area contributed by atoms with E-state index in [1.54, 1.807) is 0 Å². The third-order valence-corrected chi connectivity index (χ3v) is 8.81. The molecule has 1 aromatic carbocycles. The molecule has 7 nitrogen and oxygen atoms in total. The molecular weight excluding hydrogens is 492 g/mol. The van der Waals surface area contributed by atoms with E-state index in [-0.39, 0.29) is 18.6 Å². The van der Waals surface area contributed by atoms with Crippen LogP contribution in [-0.4, -0.2) is 47.0 Å². The van der Waals surface area contributed by atoms with Crippen LogP contribution in [0.1, 0.15) is 92.6 Å². The number of hydrogen-bond donors (Lipinski definition) is 2. The molecule has 1 unspecified atom stereocenters. The van der Waals surface area contributed by atoms with Crippen molar-refractivity contribution < 1.29 is 24.2 Å². The zero-order chi connectivity index (χ0) is 27.0. The number of carbonyl (C=O) groups is 2. The van der Waals surface area contributed by atoms with E-state index in [1.165, 1.54) is 41.8 Å². The summed E-state index contributed by atoms with van der Waals surface area (Å²) in [5.41, 5.74) is 5.26. The van der Waals surface area contributed by atoms with Crippen molar-refractivity contribution in [2.24, 2.45) is 5.92 Å². The second-order valence-corrected chi connectivity index (χ2v) is 11.6. The van der Waals surface area contributed by atoms with Crippen LogP contribution in [-0.2, 0) is 33.5 Å². The number of alkyl carbamates (subject to hydrolysis) is 1. The SMILES string of the molecule is O=C(NC(CCOC1CC(CCc2ccc3c(n2)CCCC3)C1)C(=O)O)OC1CCC(c2ccccc2)CC1. The minimum Gasteiger partial charge on any atom is -0.480 e. The number of carboxylic acids is 1. The minimum absolute atomic E-state index is 0.168. The molecular formula is C32H42N2O5. The normalized spacial score (nSPS) is 25.1. The van der Waals surface area contributed by atoms with Crippen molar-refractivity contribution in [3.05, 3.63) is 65.0 Å². The summed E-state index contributed by atoms with van der Waals surface area (Å²) in [6, 6.07) is 13.9. The summed E-state index contributed by atoms with van der Waals surface area (Å²) in [7, 11) is 0. The summed E-state index contributed by atoms with van der Waals surface area (Å²) in [6.45, 7) is 0.309. The van der Waals surface area contributed by atoms with E-state index in [0.29, 0.717) is 18.4 Å². The van der Waals surface area contributed by atoms with Crippen LogP contribution in [0.15, 0.2) is 42.5 Å². The Hall–Kier alpha value is -2.93. The molecule has 0 saturated heterocycles. The van der Waals surface area contributed by atoms with Crippen LogP contribution >= 0.6 is 0 Å². The van der Waals surface area contributed by atoms with E-state index in [9.17, 15) is 14.7 Å². The van der Waals surface area contributed by atoms with Crippen molar-refractivity contribution in [1.29, 1.82) is 0 Å². The molecule has 0 radical (unpaired) electrons. The quantitative estimate of drug-likeness (QED) is 0.368. The number of carboxylic acid groups (broad SMARTS) is 1. The molecule has 2 N–H and O–H groups in total. The first kappa shape index (κ1) is 27.6. The van der Waals surface area contributed by atoms with Crippen LogP contribution < -0.4 is 5.32 Å². The van der Waals surface area contributed by atoms with Gasteiger partial charge in [-0.15, -0.1) is 0 Å². The van der Waals surface area contributed by atoms with E-state index >= 15 is 0 Å². The molecule has 0 aliphatic heterocycles. The fourth-order valence-corrected chi connectivity index (χ4v) is 6.34. The third kappa shape index (κ3) is 7.81. The molecule has 2 aromatic rings. The Bertz CT molecular complexity index is 1090. The molecule has 0 spiro atoms. The molecule has 1 amide bonds. The van der Waals surface area contributed by atoms with Crippen LogP contribution in [0.25, 0.3) is 0 Å². The lowest BCUT2D eigenvalue weighted by Gasteiger charge is -2.35. The van der Waals surface area contributed by atoms with Gasteiger partial charge in [0.15, 0.2) is 0 Å². The van der Waals surface area contributed by atoms with Crippen LogP contribution in [0.5, 0.6) is 0 Å². The minimum atomic E-state index is -1.06. The average molecular weight is 535 g/mol. The highest BCUT2D eigenvalue weighted by Gasteiger charge is 2.31.